The Labute approximate surface area is 123 Å². The number of rotatable bonds is 8. The molecule has 1 rings (SSSR count). The number of hydrogen-bond donors (Lipinski definition) is 1. The van der Waals surface area contributed by atoms with E-state index < -0.39 is 12.8 Å². The summed E-state index contributed by atoms with van der Waals surface area (Å²) in [5, 5.41) is 4.43. The van der Waals surface area contributed by atoms with Gasteiger partial charge in [-0.05, 0) is 38.7 Å². The molecule has 1 heterocycles. The second-order valence-electron chi connectivity index (χ2n) is 5.27. The van der Waals surface area contributed by atoms with Crippen molar-refractivity contribution in [3.05, 3.63) is 17.0 Å². The molecular formula is C14H24F3N3O. The Kier molecular flexibility index (Phi) is 6.67. The van der Waals surface area contributed by atoms with Crippen LogP contribution in [-0.2, 0) is 17.7 Å². The summed E-state index contributed by atoms with van der Waals surface area (Å²) in [6.45, 7) is 5.36. The summed E-state index contributed by atoms with van der Waals surface area (Å²) in [6, 6.07) is 0.107. The average molecular weight is 307 g/mol. The minimum atomic E-state index is -4.26. The fourth-order valence-electron chi connectivity index (χ4n) is 2.16. The molecule has 0 aliphatic heterocycles. The van der Waals surface area contributed by atoms with E-state index in [1.165, 1.54) is 0 Å². The van der Waals surface area contributed by atoms with Crippen molar-refractivity contribution in [2.75, 3.05) is 13.2 Å². The lowest BCUT2D eigenvalue weighted by molar-refractivity contribution is -0.174. The largest absolute Gasteiger partial charge is 0.411 e. The summed E-state index contributed by atoms with van der Waals surface area (Å²) in [5.74, 6) is 0. The van der Waals surface area contributed by atoms with Crippen LogP contribution in [0.5, 0.6) is 0 Å². The average Bonchev–Trinajstić information content (AvgIpc) is 2.64. The molecule has 7 heteroatoms. The number of aryl methyl sites for hydroxylation is 2. The third-order valence-electron chi connectivity index (χ3n) is 3.45. The van der Waals surface area contributed by atoms with Crippen molar-refractivity contribution < 1.29 is 17.9 Å². The Balaban J connectivity index is 2.47. The Hall–Kier alpha value is -1.08. The second kappa shape index (κ2) is 7.79. The molecule has 21 heavy (non-hydrogen) atoms. The van der Waals surface area contributed by atoms with Crippen molar-refractivity contribution >= 4 is 0 Å². The molecule has 0 aliphatic carbocycles. The van der Waals surface area contributed by atoms with Crippen LogP contribution in [0.15, 0.2) is 0 Å². The van der Waals surface area contributed by atoms with Gasteiger partial charge in [-0.15, -0.1) is 0 Å². The highest BCUT2D eigenvalue weighted by Crippen LogP contribution is 2.17. The third-order valence-corrected chi connectivity index (χ3v) is 3.45. The van der Waals surface area contributed by atoms with Gasteiger partial charge in [0.25, 0.3) is 0 Å². The number of hydrogen-bond acceptors (Lipinski definition) is 3. The van der Waals surface area contributed by atoms with Gasteiger partial charge in [-0.2, -0.15) is 18.3 Å². The minimum Gasteiger partial charge on any atom is -0.372 e. The van der Waals surface area contributed by atoms with Crippen LogP contribution in [0.4, 0.5) is 13.2 Å². The lowest BCUT2D eigenvalue weighted by Crippen LogP contribution is -2.22. The Bertz CT molecular complexity index is 443. The van der Waals surface area contributed by atoms with Crippen LogP contribution >= 0.6 is 0 Å². The first-order chi connectivity index (χ1) is 9.74. The summed E-state index contributed by atoms with van der Waals surface area (Å²) in [5.41, 5.74) is 9.08. The van der Waals surface area contributed by atoms with E-state index >= 15 is 0 Å². The first-order valence-electron chi connectivity index (χ1n) is 7.17. The van der Waals surface area contributed by atoms with Crippen LogP contribution in [0.25, 0.3) is 0 Å². The number of alkyl halides is 3. The van der Waals surface area contributed by atoms with Crippen LogP contribution in [0, 0.1) is 13.8 Å². The zero-order chi connectivity index (χ0) is 16.0. The summed E-state index contributed by atoms with van der Waals surface area (Å²) in [4.78, 5) is 0. The highest BCUT2D eigenvalue weighted by molar-refractivity contribution is 5.25. The zero-order valence-electron chi connectivity index (χ0n) is 12.8. The lowest BCUT2D eigenvalue weighted by Gasteiger charge is -2.10. The van der Waals surface area contributed by atoms with Gasteiger partial charge >= 0.3 is 6.18 Å². The maximum atomic E-state index is 11.9. The molecule has 0 saturated heterocycles. The van der Waals surface area contributed by atoms with E-state index in [9.17, 15) is 13.2 Å². The topological polar surface area (TPSA) is 53.1 Å². The van der Waals surface area contributed by atoms with Gasteiger partial charge in [0.2, 0.25) is 0 Å². The van der Waals surface area contributed by atoms with Gasteiger partial charge in [0.05, 0.1) is 5.69 Å². The van der Waals surface area contributed by atoms with Gasteiger partial charge in [0.15, 0.2) is 0 Å². The molecule has 1 aromatic heterocycles. The molecule has 122 valence electrons. The first kappa shape index (κ1) is 18.0. The third kappa shape index (κ3) is 6.05. The van der Waals surface area contributed by atoms with Crippen molar-refractivity contribution in [1.82, 2.24) is 9.78 Å². The molecule has 0 aromatic carbocycles. The molecule has 4 nitrogen and oxygen atoms in total. The molecule has 0 fully saturated rings. The summed E-state index contributed by atoms with van der Waals surface area (Å²) in [7, 11) is 0. The van der Waals surface area contributed by atoms with Gasteiger partial charge in [0, 0.05) is 24.9 Å². The van der Waals surface area contributed by atoms with Gasteiger partial charge in [-0.1, -0.05) is 6.92 Å². The van der Waals surface area contributed by atoms with Crippen LogP contribution in [0.2, 0.25) is 0 Å². The highest BCUT2D eigenvalue weighted by Gasteiger charge is 2.27. The first-order valence-corrected chi connectivity index (χ1v) is 7.17. The molecule has 0 bridgehead atoms. The van der Waals surface area contributed by atoms with E-state index in [-0.39, 0.29) is 12.6 Å². The number of nitrogens with two attached hydrogens (primary N) is 1. The number of aromatic nitrogens is 2. The van der Waals surface area contributed by atoms with Gasteiger partial charge in [0.1, 0.15) is 6.61 Å². The smallest absolute Gasteiger partial charge is 0.372 e. The van der Waals surface area contributed by atoms with E-state index in [2.05, 4.69) is 9.84 Å². The van der Waals surface area contributed by atoms with E-state index in [0.29, 0.717) is 13.0 Å². The summed E-state index contributed by atoms with van der Waals surface area (Å²) >= 11 is 0. The van der Waals surface area contributed by atoms with Crippen molar-refractivity contribution in [2.24, 2.45) is 5.73 Å². The van der Waals surface area contributed by atoms with Gasteiger partial charge in [-0.25, -0.2) is 0 Å². The monoisotopic (exact) mass is 307 g/mol. The normalized spacial score (nSPS) is 13.7. The Morgan fingerprint density at radius 2 is 2.00 bits per heavy atom. The molecule has 1 unspecified atom stereocenters. The Morgan fingerprint density at radius 3 is 2.57 bits per heavy atom. The molecule has 0 saturated carbocycles. The highest BCUT2D eigenvalue weighted by atomic mass is 19.4. The molecule has 0 spiro atoms. The maximum Gasteiger partial charge on any atom is 0.411 e. The van der Waals surface area contributed by atoms with Crippen LogP contribution in [-0.4, -0.2) is 35.2 Å². The molecular weight excluding hydrogens is 283 g/mol. The predicted octanol–water partition coefficient (Wildman–Crippen LogP) is 2.75. The minimum absolute atomic E-state index is 0.0711. The molecule has 0 radical (unpaired) electrons. The van der Waals surface area contributed by atoms with E-state index in [1.807, 2.05) is 25.5 Å². The maximum absolute atomic E-state index is 11.9. The molecule has 2 N–H and O–H groups in total. The quantitative estimate of drug-likeness (QED) is 0.751. The summed E-state index contributed by atoms with van der Waals surface area (Å²) < 4.78 is 42.2. The molecule has 1 aromatic rings. The lowest BCUT2D eigenvalue weighted by atomic mass is 10.0. The van der Waals surface area contributed by atoms with Crippen LogP contribution < -0.4 is 5.73 Å². The van der Waals surface area contributed by atoms with Crippen molar-refractivity contribution in [3.63, 3.8) is 0 Å². The molecule has 0 amide bonds. The summed E-state index contributed by atoms with van der Waals surface area (Å²) in [6.07, 6.45) is -2.09. The van der Waals surface area contributed by atoms with Crippen LogP contribution in [0.3, 0.4) is 0 Å². The molecule has 1 atom stereocenters. The predicted molar refractivity (Wildman–Crippen MR) is 75.2 cm³/mol. The fraction of sp³-hybridized carbons (Fsp3) is 0.786. The van der Waals surface area contributed by atoms with Gasteiger partial charge in [-0.3, -0.25) is 4.68 Å². The fourth-order valence-corrected chi connectivity index (χ4v) is 2.16. The van der Waals surface area contributed by atoms with E-state index in [4.69, 9.17) is 5.73 Å². The standard InChI is InChI=1S/C14H24F3N3O/c1-4-12(18)8-13-10(2)19-20(11(13)3)6-5-7-21-9-14(15,16)17/h12H,4-9,18H2,1-3H3. The molecule has 0 aliphatic rings. The van der Waals surface area contributed by atoms with E-state index in [0.717, 1.165) is 29.8 Å². The number of halogens is 3. The number of nitrogens with zero attached hydrogens (tertiary/aromatic N) is 2. The van der Waals surface area contributed by atoms with Crippen LogP contribution in [0.1, 0.15) is 36.7 Å². The number of ether oxygens (including phenoxy) is 1. The zero-order valence-corrected chi connectivity index (χ0v) is 12.8. The second-order valence-corrected chi connectivity index (χ2v) is 5.27. The van der Waals surface area contributed by atoms with Crippen molar-refractivity contribution in [1.29, 1.82) is 0 Å². The van der Waals surface area contributed by atoms with Crippen molar-refractivity contribution in [3.8, 4) is 0 Å². The SMILES string of the molecule is CCC(N)Cc1c(C)nn(CCCOCC(F)(F)F)c1C. The van der Waals surface area contributed by atoms with Gasteiger partial charge < -0.3 is 10.5 Å². The van der Waals surface area contributed by atoms with Crippen molar-refractivity contribution in [2.45, 2.75) is 58.8 Å². The Morgan fingerprint density at radius 1 is 1.33 bits per heavy atom. The van der Waals surface area contributed by atoms with E-state index in [1.54, 1.807) is 0 Å².